The Balaban J connectivity index is 2.62. The Morgan fingerprint density at radius 2 is 1.95 bits per heavy atom. The van der Waals surface area contributed by atoms with E-state index in [1.165, 1.54) is 12.1 Å². The number of nitrogens with zero attached hydrogens (tertiary/aromatic N) is 1. The predicted molar refractivity (Wildman–Crippen MR) is 78.2 cm³/mol. The van der Waals surface area contributed by atoms with Gasteiger partial charge in [0.05, 0.1) is 12.0 Å². The molecular formula is C14H19N3O4. The Bertz CT molecular complexity index is 567. The molecule has 0 bridgehead atoms. The van der Waals surface area contributed by atoms with Gasteiger partial charge in [0, 0.05) is 17.8 Å². The molecule has 0 fully saturated rings. The number of amides is 2. The summed E-state index contributed by atoms with van der Waals surface area (Å²) in [6.07, 6.45) is 0.0695. The monoisotopic (exact) mass is 293 g/mol. The van der Waals surface area contributed by atoms with Gasteiger partial charge in [-0.1, -0.05) is 0 Å². The first-order chi connectivity index (χ1) is 9.79. The summed E-state index contributed by atoms with van der Waals surface area (Å²) >= 11 is 0. The molecule has 0 saturated carbocycles. The average Bonchev–Trinajstić information content (AvgIpc) is 2.34. The van der Waals surface area contributed by atoms with Crippen LogP contribution in [-0.2, 0) is 4.79 Å². The van der Waals surface area contributed by atoms with Crippen molar-refractivity contribution in [2.45, 2.75) is 33.2 Å². The molecule has 0 aliphatic rings. The van der Waals surface area contributed by atoms with Gasteiger partial charge in [0.2, 0.25) is 5.91 Å². The summed E-state index contributed by atoms with van der Waals surface area (Å²) in [5.41, 5.74) is 2.66. The minimum atomic E-state index is -0.629. The van der Waals surface area contributed by atoms with Crippen molar-refractivity contribution in [2.24, 2.45) is 5.10 Å². The first kappa shape index (κ1) is 16.5. The fourth-order valence-electron chi connectivity index (χ4n) is 1.56. The molecule has 0 heterocycles. The lowest BCUT2D eigenvalue weighted by atomic mass is 10.2. The van der Waals surface area contributed by atoms with Gasteiger partial charge in [0.25, 0.3) is 5.91 Å². The van der Waals surface area contributed by atoms with E-state index in [4.69, 9.17) is 5.11 Å². The van der Waals surface area contributed by atoms with Gasteiger partial charge in [-0.05, 0) is 32.9 Å². The highest BCUT2D eigenvalue weighted by Gasteiger charge is 2.11. The van der Waals surface area contributed by atoms with Gasteiger partial charge in [-0.3, -0.25) is 9.59 Å². The van der Waals surface area contributed by atoms with Crippen LogP contribution >= 0.6 is 0 Å². The normalized spacial score (nSPS) is 11.3. The largest absolute Gasteiger partial charge is 0.508 e. The van der Waals surface area contributed by atoms with Crippen molar-refractivity contribution in [3.8, 4) is 11.5 Å². The van der Waals surface area contributed by atoms with Gasteiger partial charge < -0.3 is 15.5 Å². The number of phenols is 2. The van der Waals surface area contributed by atoms with Crippen LogP contribution < -0.4 is 10.7 Å². The Hall–Kier alpha value is -2.57. The van der Waals surface area contributed by atoms with Crippen molar-refractivity contribution in [3.63, 3.8) is 0 Å². The first-order valence-electron chi connectivity index (χ1n) is 6.44. The summed E-state index contributed by atoms with van der Waals surface area (Å²) in [7, 11) is 0. The molecule has 1 rings (SSSR count). The molecule has 4 N–H and O–H groups in total. The summed E-state index contributed by atoms with van der Waals surface area (Å²) in [5, 5.41) is 25.2. The van der Waals surface area contributed by atoms with Gasteiger partial charge in [-0.15, -0.1) is 0 Å². The summed E-state index contributed by atoms with van der Waals surface area (Å²) < 4.78 is 0. The van der Waals surface area contributed by atoms with Crippen LogP contribution in [0.5, 0.6) is 11.5 Å². The van der Waals surface area contributed by atoms with Gasteiger partial charge in [-0.2, -0.15) is 5.10 Å². The Morgan fingerprint density at radius 3 is 2.52 bits per heavy atom. The molecule has 0 unspecified atom stereocenters. The molecular weight excluding hydrogens is 274 g/mol. The molecule has 2 amide bonds. The number of carbonyl (C=O) groups excluding carboxylic acids is 2. The zero-order chi connectivity index (χ0) is 16.0. The third kappa shape index (κ3) is 5.52. The quantitative estimate of drug-likeness (QED) is 0.481. The molecule has 0 aliphatic carbocycles. The highest BCUT2D eigenvalue weighted by molar-refractivity contribution is 6.01. The van der Waals surface area contributed by atoms with Crippen LogP contribution in [0, 0.1) is 0 Å². The topological polar surface area (TPSA) is 111 Å². The van der Waals surface area contributed by atoms with E-state index >= 15 is 0 Å². The van der Waals surface area contributed by atoms with Crippen molar-refractivity contribution in [2.75, 3.05) is 0 Å². The van der Waals surface area contributed by atoms with Gasteiger partial charge >= 0.3 is 0 Å². The second-order valence-corrected chi connectivity index (χ2v) is 4.89. The molecule has 7 nitrogen and oxygen atoms in total. The maximum absolute atomic E-state index is 11.8. The predicted octanol–water partition coefficient (Wildman–Crippen LogP) is 1.12. The number of nitrogens with one attached hydrogen (secondary N) is 2. The van der Waals surface area contributed by atoms with E-state index in [1.54, 1.807) is 6.92 Å². The van der Waals surface area contributed by atoms with E-state index in [0.717, 1.165) is 6.07 Å². The Kier molecular flexibility index (Phi) is 5.71. The number of benzene rings is 1. The standard InChI is InChI=1S/C14H19N3O4/c1-8(2)15-13(20)6-9(3)16-17-14(21)11-5-4-10(18)7-12(11)19/h4-5,7-8,18-19H,6H2,1-3H3,(H,15,20)(H,17,21)/b16-9+. The van der Waals surface area contributed by atoms with Crippen molar-refractivity contribution in [1.29, 1.82) is 0 Å². The summed E-state index contributed by atoms with van der Waals surface area (Å²) in [5.74, 6) is -1.31. The number of hydrazone groups is 1. The molecule has 114 valence electrons. The molecule has 0 atom stereocenters. The van der Waals surface area contributed by atoms with Crippen LogP contribution in [0.15, 0.2) is 23.3 Å². The number of phenolic OH excluding ortho intramolecular Hbond substituents is 2. The zero-order valence-corrected chi connectivity index (χ0v) is 12.2. The molecule has 0 saturated heterocycles. The minimum absolute atomic E-state index is 0.0176. The minimum Gasteiger partial charge on any atom is -0.508 e. The number of aromatic hydroxyl groups is 2. The van der Waals surface area contributed by atoms with Crippen LogP contribution in [0.25, 0.3) is 0 Å². The lowest BCUT2D eigenvalue weighted by Gasteiger charge is -2.08. The van der Waals surface area contributed by atoms with E-state index in [2.05, 4.69) is 15.8 Å². The first-order valence-corrected chi connectivity index (χ1v) is 6.44. The maximum atomic E-state index is 11.8. The zero-order valence-electron chi connectivity index (χ0n) is 12.2. The van der Waals surface area contributed by atoms with Gasteiger partial charge in [-0.25, -0.2) is 5.43 Å². The molecule has 1 aromatic carbocycles. The highest BCUT2D eigenvalue weighted by atomic mass is 16.3. The molecule has 1 aromatic rings. The second kappa shape index (κ2) is 7.28. The number of carbonyl (C=O) groups is 2. The fraction of sp³-hybridized carbons (Fsp3) is 0.357. The Labute approximate surface area is 122 Å². The SMILES string of the molecule is C/C(CC(=O)NC(C)C)=N\NC(=O)c1ccc(O)cc1O. The summed E-state index contributed by atoms with van der Waals surface area (Å²) in [4.78, 5) is 23.3. The van der Waals surface area contributed by atoms with Crippen LogP contribution in [0.4, 0.5) is 0 Å². The third-order valence-electron chi connectivity index (χ3n) is 2.44. The molecule has 7 heteroatoms. The molecule has 0 aliphatic heterocycles. The lowest BCUT2D eigenvalue weighted by molar-refractivity contribution is -0.120. The van der Waals surface area contributed by atoms with Crippen molar-refractivity contribution < 1.29 is 19.8 Å². The van der Waals surface area contributed by atoms with Crippen LogP contribution in [0.3, 0.4) is 0 Å². The van der Waals surface area contributed by atoms with Crippen LogP contribution in [0.1, 0.15) is 37.6 Å². The highest BCUT2D eigenvalue weighted by Crippen LogP contribution is 2.22. The van der Waals surface area contributed by atoms with E-state index < -0.39 is 5.91 Å². The van der Waals surface area contributed by atoms with E-state index in [1.807, 2.05) is 13.8 Å². The molecule has 21 heavy (non-hydrogen) atoms. The number of rotatable bonds is 5. The van der Waals surface area contributed by atoms with Crippen molar-refractivity contribution >= 4 is 17.5 Å². The second-order valence-electron chi connectivity index (χ2n) is 4.89. The Morgan fingerprint density at radius 1 is 1.29 bits per heavy atom. The summed E-state index contributed by atoms with van der Waals surface area (Å²) in [6.45, 7) is 5.30. The number of hydrogen-bond acceptors (Lipinski definition) is 5. The van der Waals surface area contributed by atoms with E-state index in [-0.39, 0.29) is 35.4 Å². The maximum Gasteiger partial charge on any atom is 0.275 e. The van der Waals surface area contributed by atoms with E-state index in [9.17, 15) is 14.7 Å². The third-order valence-corrected chi connectivity index (χ3v) is 2.44. The average molecular weight is 293 g/mol. The summed E-state index contributed by atoms with van der Waals surface area (Å²) in [6, 6.07) is 3.65. The molecule has 0 radical (unpaired) electrons. The van der Waals surface area contributed by atoms with Crippen LogP contribution in [0.2, 0.25) is 0 Å². The smallest absolute Gasteiger partial charge is 0.275 e. The van der Waals surface area contributed by atoms with Gasteiger partial charge in [0.1, 0.15) is 11.5 Å². The van der Waals surface area contributed by atoms with E-state index in [0.29, 0.717) is 5.71 Å². The number of hydrogen-bond donors (Lipinski definition) is 4. The lowest BCUT2D eigenvalue weighted by Crippen LogP contribution is -2.31. The van der Waals surface area contributed by atoms with Crippen molar-refractivity contribution in [3.05, 3.63) is 23.8 Å². The molecule has 0 aromatic heterocycles. The van der Waals surface area contributed by atoms with Crippen LogP contribution in [-0.4, -0.2) is 33.8 Å². The van der Waals surface area contributed by atoms with Crippen molar-refractivity contribution in [1.82, 2.24) is 10.7 Å². The van der Waals surface area contributed by atoms with Gasteiger partial charge in [0.15, 0.2) is 0 Å². The fourth-order valence-corrected chi connectivity index (χ4v) is 1.56. The molecule has 0 spiro atoms.